The van der Waals surface area contributed by atoms with E-state index in [0.29, 0.717) is 0 Å². The molecule has 0 aromatic carbocycles. The van der Waals surface area contributed by atoms with Gasteiger partial charge in [-0.25, -0.2) is 0 Å². The van der Waals surface area contributed by atoms with Gasteiger partial charge in [-0.1, -0.05) is 0 Å². The molecule has 5 N–H and O–H groups in total. The third kappa shape index (κ3) is 4.67. The Bertz CT molecular complexity index is 228. The highest BCUT2D eigenvalue weighted by molar-refractivity contribution is 6.02. The fraction of sp³-hybridized carbons (Fsp3) is 0.778. The molecule has 7 nitrogen and oxygen atoms in total. The maximum atomic E-state index is 11.5. The number of aliphatic carboxylic acids is 1. The normalized spacial score (nSPS) is 12.8. The van der Waals surface area contributed by atoms with E-state index in [2.05, 4.69) is 0 Å². The fourth-order valence-electron chi connectivity index (χ4n) is 1.40. The quantitative estimate of drug-likeness (QED) is 0.329. The SMILES string of the molecule is NCCC(=O)C(C(=O)O)N(CCO)CCO. The highest BCUT2D eigenvalue weighted by Gasteiger charge is 2.31. The highest BCUT2D eigenvalue weighted by Crippen LogP contribution is 2.03. The largest absolute Gasteiger partial charge is 0.480 e. The summed E-state index contributed by atoms with van der Waals surface area (Å²) in [7, 11) is 0. The number of rotatable bonds is 9. The number of ketones is 1. The second-order valence-electron chi connectivity index (χ2n) is 3.23. The summed E-state index contributed by atoms with van der Waals surface area (Å²) in [6, 6.07) is -1.34. The Morgan fingerprint density at radius 1 is 1.19 bits per heavy atom. The van der Waals surface area contributed by atoms with E-state index < -0.39 is 17.8 Å². The molecule has 0 aliphatic heterocycles. The van der Waals surface area contributed by atoms with Crippen LogP contribution in [0.2, 0.25) is 0 Å². The molecule has 0 aliphatic carbocycles. The molecular weight excluding hydrogens is 216 g/mol. The molecule has 1 unspecified atom stereocenters. The maximum Gasteiger partial charge on any atom is 0.328 e. The second-order valence-corrected chi connectivity index (χ2v) is 3.23. The fourth-order valence-corrected chi connectivity index (χ4v) is 1.40. The number of carbonyl (C=O) groups is 2. The zero-order valence-electron chi connectivity index (χ0n) is 9.00. The number of nitrogens with zero attached hydrogens (tertiary/aromatic N) is 1. The number of aliphatic hydroxyl groups is 2. The first-order valence-corrected chi connectivity index (χ1v) is 4.99. The van der Waals surface area contributed by atoms with Crippen molar-refractivity contribution in [1.82, 2.24) is 4.90 Å². The lowest BCUT2D eigenvalue weighted by Gasteiger charge is -2.26. The third-order valence-electron chi connectivity index (χ3n) is 2.07. The van der Waals surface area contributed by atoms with Crippen molar-refractivity contribution in [3.63, 3.8) is 0 Å². The van der Waals surface area contributed by atoms with Gasteiger partial charge in [-0.05, 0) is 6.54 Å². The minimum absolute atomic E-state index is 0.0217. The van der Waals surface area contributed by atoms with E-state index in [-0.39, 0.29) is 39.3 Å². The Morgan fingerprint density at radius 2 is 1.69 bits per heavy atom. The van der Waals surface area contributed by atoms with Gasteiger partial charge in [0.2, 0.25) is 0 Å². The van der Waals surface area contributed by atoms with Crippen molar-refractivity contribution in [2.24, 2.45) is 5.73 Å². The molecule has 16 heavy (non-hydrogen) atoms. The van der Waals surface area contributed by atoms with Gasteiger partial charge < -0.3 is 21.1 Å². The first-order chi connectivity index (χ1) is 7.58. The number of carboxylic acids is 1. The average molecular weight is 234 g/mol. The van der Waals surface area contributed by atoms with Crippen LogP contribution in [-0.2, 0) is 9.59 Å². The van der Waals surface area contributed by atoms with Crippen LogP contribution in [-0.4, -0.2) is 70.9 Å². The molecule has 0 amide bonds. The Balaban J connectivity index is 4.68. The van der Waals surface area contributed by atoms with Crippen LogP contribution >= 0.6 is 0 Å². The average Bonchev–Trinajstić information content (AvgIpc) is 2.18. The van der Waals surface area contributed by atoms with Crippen LogP contribution < -0.4 is 5.73 Å². The zero-order valence-corrected chi connectivity index (χ0v) is 9.00. The standard InChI is InChI=1S/C9H18N2O5/c10-2-1-7(14)8(9(15)16)11(3-5-12)4-6-13/h8,12-13H,1-6,10H2,(H,15,16). The minimum Gasteiger partial charge on any atom is -0.480 e. The summed E-state index contributed by atoms with van der Waals surface area (Å²) >= 11 is 0. The Morgan fingerprint density at radius 3 is 2.00 bits per heavy atom. The third-order valence-corrected chi connectivity index (χ3v) is 2.07. The Kier molecular flexibility index (Phi) is 7.65. The lowest BCUT2D eigenvalue weighted by Crippen LogP contribution is -2.49. The van der Waals surface area contributed by atoms with E-state index in [0.717, 1.165) is 0 Å². The molecule has 0 aromatic heterocycles. The number of carbonyl (C=O) groups excluding carboxylic acids is 1. The van der Waals surface area contributed by atoms with Gasteiger partial charge in [0.1, 0.15) is 0 Å². The van der Waals surface area contributed by atoms with Crippen molar-refractivity contribution in [3.05, 3.63) is 0 Å². The molecule has 0 saturated heterocycles. The summed E-state index contributed by atoms with van der Waals surface area (Å²) in [5, 5.41) is 26.4. The number of aliphatic hydroxyl groups excluding tert-OH is 2. The van der Waals surface area contributed by atoms with E-state index in [9.17, 15) is 9.59 Å². The van der Waals surface area contributed by atoms with Crippen LogP contribution in [0.25, 0.3) is 0 Å². The topological polar surface area (TPSA) is 124 Å². The summed E-state index contributed by atoms with van der Waals surface area (Å²) < 4.78 is 0. The van der Waals surface area contributed by atoms with Gasteiger partial charge in [-0.2, -0.15) is 0 Å². The van der Waals surface area contributed by atoms with Crippen LogP contribution in [0.5, 0.6) is 0 Å². The maximum absolute atomic E-state index is 11.5. The number of hydrogen-bond donors (Lipinski definition) is 4. The molecule has 1 atom stereocenters. The van der Waals surface area contributed by atoms with Gasteiger partial charge >= 0.3 is 5.97 Å². The number of Topliss-reactive ketones (excluding diaryl/α,β-unsaturated/α-hetero) is 1. The van der Waals surface area contributed by atoms with Crippen LogP contribution in [0, 0.1) is 0 Å². The van der Waals surface area contributed by atoms with Gasteiger partial charge in [0.05, 0.1) is 13.2 Å². The van der Waals surface area contributed by atoms with Crippen LogP contribution in [0.4, 0.5) is 0 Å². The molecule has 0 rings (SSSR count). The van der Waals surface area contributed by atoms with Crippen molar-refractivity contribution < 1.29 is 24.9 Å². The number of hydrogen-bond acceptors (Lipinski definition) is 6. The molecule has 94 valence electrons. The van der Waals surface area contributed by atoms with Crippen molar-refractivity contribution in [1.29, 1.82) is 0 Å². The molecule has 0 fully saturated rings. The summed E-state index contributed by atoms with van der Waals surface area (Å²) in [5.41, 5.74) is 5.18. The molecule has 0 bridgehead atoms. The molecule has 0 spiro atoms. The van der Waals surface area contributed by atoms with Gasteiger partial charge in [-0.3, -0.25) is 14.5 Å². The predicted octanol–water partition coefficient (Wildman–Crippen LogP) is -2.36. The van der Waals surface area contributed by atoms with Crippen molar-refractivity contribution >= 4 is 11.8 Å². The van der Waals surface area contributed by atoms with E-state index in [1.54, 1.807) is 0 Å². The van der Waals surface area contributed by atoms with Crippen molar-refractivity contribution in [3.8, 4) is 0 Å². The number of nitrogens with two attached hydrogens (primary N) is 1. The first kappa shape index (κ1) is 15.0. The molecule has 0 radical (unpaired) electrons. The molecular formula is C9H18N2O5. The predicted molar refractivity (Wildman–Crippen MR) is 55.8 cm³/mol. The van der Waals surface area contributed by atoms with Crippen molar-refractivity contribution in [2.45, 2.75) is 12.5 Å². The van der Waals surface area contributed by atoms with E-state index >= 15 is 0 Å². The highest BCUT2D eigenvalue weighted by atomic mass is 16.4. The molecule has 0 aliphatic rings. The monoisotopic (exact) mass is 234 g/mol. The van der Waals surface area contributed by atoms with Gasteiger partial charge in [0.25, 0.3) is 0 Å². The first-order valence-electron chi connectivity index (χ1n) is 4.99. The molecule has 0 saturated carbocycles. The summed E-state index contributed by atoms with van der Waals surface area (Å²) in [4.78, 5) is 23.7. The van der Waals surface area contributed by atoms with Crippen molar-refractivity contribution in [2.75, 3.05) is 32.8 Å². The second kappa shape index (κ2) is 8.17. The Labute approximate surface area is 93.5 Å². The van der Waals surface area contributed by atoms with Crippen LogP contribution in [0.1, 0.15) is 6.42 Å². The van der Waals surface area contributed by atoms with E-state index in [1.807, 2.05) is 0 Å². The summed E-state index contributed by atoms with van der Waals surface area (Å²) in [5.74, 6) is -1.81. The van der Waals surface area contributed by atoms with Crippen LogP contribution in [0.3, 0.4) is 0 Å². The van der Waals surface area contributed by atoms with Crippen LogP contribution in [0.15, 0.2) is 0 Å². The summed E-state index contributed by atoms with van der Waals surface area (Å²) in [6.07, 6.45) is -0.0374. The van der Waals surface area contributed by atoms with Gasteiger partial charge in [-0.15, -0.1) is 0 Å². The lowest BCUT2D eigenvalue weighted by atomic mass is 10.1. The smallest absolute Gasteiger partial charge is 0.328 e. The Hall–Kier alpha value is -1.02. The molecule has 0 heterocycles. The zero-order chi connectivity index (χ0) is 12.6. The van der Waals surface area contributed by atoms with E-state index in [4.69, 9.17) is 21.1 Å². The van der Waals surface area contributed by atoms with Gasteiger partial charge in [0, 0.05) is 19.5 Å². The summed E-state index contributed by atoms with van der Waals surface area (Å²) in [6.45, 7) is -0.435. The van der Waals surface area contributed by atoms with E-state index in [1.165, 1.54) is 4.90 Å². The number of carboxylic acid groups (broad SMARTS) is 1. The molecule has 7 heteroatoms. The minimum atomic E-state index is -1.34. The molecule has 0 aromatic rings. The lowest BCUT2D eigenvalue weighted by molar-refractivity contribution is -0.148. The van der Waals surface area contributed by atoms with Gasteiger partial charge in [0.15, 0.2) is 11.8 Å².